The summed E-state index contributed by atoms with van der Waals surface area (Å²) in [6.07, 6.45) is 1.86. The van der Waals surface area contributed by atoms with Crippen LogP contribution >= 0.6 is 0 Å². The number of aryl methyl sites for hydroxylation is 1. The highest BCUT2D eigenvalue weighted by molar-refractivity contribution is 6.01. The van der Waals surface area contributed by atoms with Crippen LogP contribution in [0.5, 0.6) is 0 Å². The standard InChI is InChI=1S/C18H20N8O/c1-10(7-19)22-17-11(8-20)6-12(16(21)27)18(24-17)23-14-4-3-5-15-13(14)9-26(2)25-15/h3-6,9-10H,7,19H2,1-2H3,(H2,21,27)(H2,22,23,24)/t10-/m1/s1. The molecule has 0 spiro atoms. The monoisotopic (exact) mass is 364 g/mol. The van der Waals surface area contributed by atoms with Crippen LogP contribution in [0, 0.1) is 11.3 Å². The number of nitriles is 1. The molecule has 3 rings (SSSR count). The molecule has 0 aliphatic heterocycles. The van der Waals surface area contributed by atoms with Crippen molar-refractivity contribution >= 4 is 34.1 Å². The van der Waals surface area contributed by atoms with E-state index in [0.717, 1.165) is 16.6 Å². The minimum Gasteiger partial charge on any atom is -0.365 e. The fourth-order valence-electron chi connectivity index (χ4n) is 2.68. The van der Waals surface area contributed by atoms with Gasteiger partial charge in [-0.2, -0.15) is 10.4 Å². The molecule has 0 aliphatic carbocycles. The van der Waals surface area contributed by atoms with Gasteiger partial charge in [0, 0.05) is 31.2 Å². The second kappa shape index (κ2) is 7.31. The molecule has 138 valence electrons. The molecule has 2 heterocycles. The van der Waals surface area contributed by atoms with Gasteiger partial charge in [0.15, 0.2) is 0 Å². The van der Waals surface area contributed by atoms with E-state index in [2.05, 4.69) is 20.7 Å². The zero-order valence-electron chi connectivity index (χ0n) is 15.0. The SMILES string of the molecule is C[C@H](CN)Nc1nc(Nc2cccc3nn(C)cc23)c(C(N)=O)cc1C#N. The molecule has 0 fully saturated rings. The van der Waals surface area contributed by atoms with Crippen LogP contribution in [-0.4, -0.2) is 33.3 Å². The zero-order valence-corrected chi connectivity index (χ0v) is 15.0. The number of hydrogen-bond acceptors (Lipinski definition) is 7. The van der Waals surface area contributed by atoms with E-state index in [0.29, 0.717) is 12.4 Å². The summed E-state index contributed by atoms with van der Waals surface area (Å²) in [5.74, 6) is -0.0934. The number of anilines is 3. The van der Waals surface area contributed by atoms with Gasteiger partial charge >= 0.3 is 0 Å². The molecular weight excluding hydrogens is 344 g/mol. The Morgan fingerprint density at radius 3 is 2.85 bits per heavy atom. The van der Waals surface area contributed by atoms with Crippen LogP contribution < -0.4 is 22.1 Å². The number of benzene rings is 1. The highest BCUT2D eigenvalue weighted by atomic mass is 16.1. The van der Waals surface area contributed by atoms with E-state index in [4.69, 9.17) is 11.5 Å². The molecule has 0 unspecified atom stereocenters. The maximum absolute atomic E-state index is 11.9. The van der Waals surface area contributed by atoms with Crippen LogP contribution in [0.4, 0.5) is 17.3 Å². The lowest BCUT2D eigenvalue weighted by Crippen LogP contribution is -2.26. The lowest BCUT2D eigenvalue weighted by molar-refractivity contribution is 0.100. The summed E-state index contributed by atoms with van der Waals surface area (Å²) < 4.78 is 1.70. The fourth-order valence-corrected chi connectivity index (χ4v) is 2.68. The van der Waals surface area contributed by atoms with Crippen LogP contribution in [0.25, 0.3) is 10.9 Å². The largest absolute Gasteiger partial charge is 0.365 e. The van der Waals surface area contributed by atoms with Gasteiger partial charge in [0.05, 0.1) is 22.3 Å². The van der Waals surface area contributed by atoms with Gasteiger partial charge < -0.3 is 22.1 Å². The minimum absolute atomic E-state index is 0.0985. The van der Waals surface area contributed by atoms with Crippen LogP contribution in [-0.2, 0) is 7.05 Å². The molecule has 1 atom stereocenters. The number of carbonyl (C=O) groups is 1. The maximum Gasteiger partial charge on any atom is 0.252 e. The number of amides is 1. The first-order chi connectivity index (χ1) is 12.9. The average molecular weight is 364 g/mol. The summed E-state index contributed by atoms with van der Waals surface area (Å²) >= 11 is 0. The van der Waals surface area contributed by atoms with Gasteiger partial charge in [-0.25, -0.2) is 4.98 Å². The molecule has 1 amide bonds. The number of fused-ring (bicyclic) bond motifs is 1. The highest BCUT2D eigenvalue weighted by Crippen LogP contribution is 2.28. The lowest BCUT2D eigenvalue weighted by Gasteiger charge is -2.17. The molecule has 0 saturated heterocycles. The molecule has 6 N–H and O–H groups in total. The van der Waals surface area contributed by atoms with Gasteiger partial charge in [-0.15, -0.1) is 0 Å². The third-order valence-corrected chi connectivity index (χ3v) is 4.06. The summed E-state index contributed by atoms with van der Waals surface area (Å²) in [6, 6.07) is 8.94. The topological polar surface area (TPSA) is 148 Å². The van der Waals surface area contributed by atoms with Gasteiger partial charge in [-0.3, -0.25) is 9.48 Å². The highest BCUT2D eigenvalue weighted by Gasteiger charge is 2.18. The molecule has 1 aromatic carbocycles. The van der Waals surface area contributed by atoms with Crippen molar-refractivity contribution in [3.05, 3.63) is 41.6 Å². The summed E-state index contributed by atoms with van der Waals surface area (Å²) in [6.45, 7) is 2.23. The van der Waals surface area contributed by atoms with Gasteiger partial charge in [0.1, 0.15) is 17.7 Å². The smallest absolute Gasteiger partial charge is 0.252 e. The number of nitrogens with two attached hydrogens (primary N) is 2. The third kappa shape index (κ3) is 3.65. The fraction of sp³-hybridized carbons (Fsp3) is 0.222. The first-order valence-electron chi connectivity index (χ1n) is 8.34. The van der Waals surface area contributed by atoms with Crippen LogP contribution in [0.2, 0.25) is 0 Å². The number of nitrogens with zero attached hydrogens (tertiary/aromatic N) is 4. The molecule has 0 saturated carbocycles. The van der Waals surface area contributed by atoms with E-state index in [1.54, 1.807) is 4.68 Å². The number of nitrogens with one attached hydrogen (secondary N) is 2. The molecular formula is C18H20N8O. The van der Waals surface area contributed by atoms with Gasteiger partial charge in [0.25, 0.3) is 5.91 Å². The van der Waals surface area contributed by atoms with Crippen molar-refractivity contribution in [2.75, 3.05) is 17.2 Å². The summed E-state index contributed by atoms with van der Waals surface area (Å²) in [7, 11) is 1.83. The number of aromatic nitrogens is 3. The Morgan fingerprint density at radius 2 is 2.19 bits per heavy atom. The Labute approximate surface area is 156 Å². The minimum atomic E-state index is -0.682. The van der Waals surface area contributed by atoms with Gasteiger partial charge in [0.2, 0.25) is 0 Å². The number of hydrogen-bond donors (Lipinski definition) is 4. The van der Waals surface area contributed by atoms with Crippen molar-refractivity contribution in [2.24, 2.45) is 18.5 Å². The zero-order chi connectivity index (χ0) is 19.6. The first kappa shape index (κ1) is 18.2. The molecule has 9 nitrogen and oxygen atoms in total. The van der Waals surface area contributed by atoms with Crippen molar-refractivity contribution in [1.82, 2.24) is 14.8 Å². The van der Waals surface area contributed by atoms with E-state index >= 15 is 0 Å². The number of primary amides is 1. The first-order valence-corrected chi connectivity index (χ1v) is 8.34. The predicted molar refractivity (Wildman–Crippen MR) is 104 cm³/mol. The second-order valence-electron chi connectivity index (χ2n) is 6.20. The second-order valence-corrected chi connectivity index (χ2v) is 6.20. The summed E-state index contributed by atoms with van der Waals surface area (Å²) in [5, 5.41) is 20.8. The normalized spacial score (nSPS) is 11.8. The third-order valence-electron chi connectivity index (χ3n) is 4.06. The van der Waals surface area contributed by atoms with Crippen molar-refractivity contribution in [3.63, 3.8) is 0 Å². The van der Waals surface area contributed by atoms with E-state index < -0.39 is 5.91 Å². The molecule has 0 radical (unpaired) electrons. The van der Waals surface area contributed by atoms with Gasteiger partial charge in [-0.1, -0.05) is 6.07 Å². The van der Waals surface area contributed by atoms with Crippen molar-refractivity contribution in [3.8, 4) is 6.07 Å². The Bertz CT molecular complexity index is 1050. The van der Waals surface area contributed by atoms with Crippen molar-refractivity contribution < 1.29 is 4.79 Å². The Morgan fingerprint density at radius 1 is 1.41 bits per heavy atom. The molecule has 9 heteroatoms. The van der Waals surface area contributed by atoms with Crippen molar-refractivity contribution in [2.45, 2.75) is 13.0 Å². The number of carbonyl (C=O) groups excluding carboxylic acids is 1. The molecule has 3 aromatic rings. The molecule has 0 bridgehead atoms. The quantitative estimate of drug-likeness (QED) is 0.517. The maximum atomic E-state index is 11.9. The van der Waals surface area contributed by atoms with Crippen LogP contribution in [0.15, 0.2) is 30.5 Å². The van der Waals surface area contributed by atoms with Crippen LogP contribution in [0.1, 0.15) is 22.8 Å². The van der Waals surface area contributed by atoms with E-state index in [1.165, 1.54) is 6.07 Å². The van der Waals surface area contributed by atoms with Crippen molar-refractivity contribution in [1.29, 1.82) is 5.26 Å². The Kier molecular flexibility index (Phi) is 4.92. The molecule has 27 heavy (non-hydrogen) atoms. The van der Waals surface area contributed by atoms with Crippen LogP contribution in [0.3, 0.4) is 0 Å². The average Bonchev–Trinajstić information content (AvgIpc) is 3.02. The molecule has 2 aromatic heterocycles. The van der Waals surface area contributed by atoms with E-state index in [1.807, 2.05) is 44.4 Å². The summed E-state index contributed by atoms with van der Waals surface area (Å²) in [5.41, 5.74) is 13.0. The molecule has 0 aliphatic rings. The van der Waals surface area contributed by atoms with E-state index in [-0.39, 0.29) is 23.0 Å². The Hall–Kier alpha value is -3.64. The Balaban J connectivity index is 2.10. The number of pyridine rings is 1. The lowest BCUT2D eigenvalue weighted by atomic mass is 10.1. The summed E-state index contributed by atoms with van der Waals surface area (Å²) in [4.78, 5) is 16.3. The predicted octanol–water partition coefficient (Wildman–Crippen LogP) is 1.44. The number of rotatable bonds is 6. The van der Waals surface area contributed by atoms with E-state index in [9.17, 15) is 10.1 Å². The van der Waals surface area contributed by atoms with Gasteiger partial charge in [-0.05, 0) is 25.1 Å².